The normalized spacial score (nSPS) is 10.7. The highest BCUT2D eigenvalue weighted by atomic mass is 16.4. The number of nitrogens with one attached hydrogen (secondary N) is 1. The van der Waals surface area contributed by atoms with Crippen molar-refractivity contribution in [2.75, 3.05) is 5.32 Å². The first kappa shape index (κ1) is 13.0. The summed E-state index contributed by atoms with van der Waals surface area (Å²) in [5.74, 6) is 0.168. The summed E-state index contributed by atoms with van der Waals surface area (Å²) in [6, 6.07) is 1.77. The van der Waals surface area contributed by atoms with E-state index in [0.717, 1.165) is 5.52 Å². The molecule has 8 nitrogen and oxygen atoms in total. The second-order valence-electron chi connectivity index (χ2n) is 4.36. The van der Waals surface area contributed by atoms with Crippen LogP contribution in [0, 0.1) is 0 Å². The van der Waals surface area contributed by atoms with E-state index in [1.807, 2.05) is 0 Å². The Morgan fingerprint density at radius 1 is 1.24 bits per heavy atom. The molecular weight excluding hydrogens is 272 g/mol. The number of carboxylic acid groups (broad SMARTS) is 1. The molecule has 0 atom stereocenters. The van der Waals surface area contributed by atoms with Gasteiger partial charge in [0.2, 0.25) is 0 Å². The molecule has 0 spiro atoms. The molecule has 0 radical (unpaired) electrons. The minimum atomic E-state index is -1.01. The van der Waals surface area contributed by atoms with Crippen LogP contribution in [0.25, 0.3) is 11.0 Å². The van der Waals surface area contributed by atoms with Gasteiger partial charge in [0.1, 0.15) is 17.0 Å². The van der Waals surface area contributed by atoms with Gasteiger partial charge in [-0.3, -0.25) is 4.98 Å². The fourth-order valence-corrected chi connectivity index (χ4v) is 2.00. The summed E-state index contributed by atoms with van der Waals surface area (Å²) in [6.07, 6.45) is 6.18. The van der Waals surface area contributed by atoms with Gasteiger partial charge in [-0.2, -0.15) is 0 Å². The molecule has 3 rings (SSSR count). The van der Waals surface area contributed by atoms with Gasteiger partial charge in [-0.05, 0) is 6.07 Å². The Bertz CT molecular complexity index is 808. The molecule has 3 aromatic rings. The molecule has 2 N–H and O–H groups in total. The van der Waals surface area contributed by atoms with Crippen LogP contribution in [-0.2, 0) is 13.6 Å². The third kappa shape index (κ3) is 2.38. The van der Waals surface area contributed by atoms with Crippen molar-refractivity contribution in [3.63, 3.8) is 0 Å². The summed E-state index contributed by atoms with van der Waals surface area (Å²) in [5, 5.41) is 12.1. The predicted molar refractivity (Wildman–Crippen MR) is 74.8 cm³/mol. The van der Waals surface area contributed by atoms with Crippen LogP contribution in [0.15, 0.2) is 30.9 Å². The summed E-state index contributed by atoms with van der Waals surface area (Å²) < 4.78 is 1.52. The average Bonchev–Trinajstić information content (AvgIpc) is 2.86. The largest absolute Gasteiger partial charge is 0.477 e. The number of anilines is 1. The zero-order valence-corrected chi connectivity index (χ0v) is 11.2. The number of fused-ring (bicyclic) bond motifs is 1. The number of hydrogen-bond donors (Lipinski definition) is 2. The molecule has 0 unspecified atom stereocenters. The molecule has 0 aliphatic heterocycles. The first-order chi connectivity index (χ1) is 10.2. The monoisotopic (exact) mass is 284 g/mol. The van der Waals surface area contributed by atoms with Gasteiger partial charge < -0.3 is 15.0 Å². The molecule has 3 aromatic heterocycles. The molecule has 8 heteroatoms. The maximum atomic E-state index is 11.0. The van der Waals surface area contributed by atoms with E-state index < -0.39 is 5.97 Å². The van der Waals surface area contributed by atoms with Gasteiger partial charge in [0.25, 0.3) is 0 Å². The van der Waals surface area contributed by atoms with E-state index in [2.05, 4.69) is 25.3 Å². The predicted octanol–water partition coefficient (Wildman–Crippen LogP) is 1.07. The van der Waals surface area contributed by atoms with Crippen LogP contribution in [-0.4, -0.2) is 35.6 Å². The Balaban J connectivity index is 1.86. The fourth-order valence-electron chi connectivity index (χ4n) is 2.00. The number of hydrogen-bond acceptors (Lipinski definition) is 6. The number of aromatic nitrogens is 5. The maximum Gasteiger partial charge on any atom is 0.354 e. The van der Waals surface area contributed by atoms with Gasteiger partial charge in [-0.1, -0.05) is 0 Å². The third-order valence-electron chi connectivity index (χ3n) is 3.10. The summed E-state index contributed by atoms with van der Waals surface area (Å²) in [4.78, 5) is 27.7. The van der Waals surface area contributed by atoms with E-state index in [0.29, 0.717) is 23.7 Å². The Morgan fingerprint density at radius 3 is 2.81 bits per heavy atom. The van der Waals surface area contributed by atoms with Crippen LogP contribution in [0.5, 0.6) is 0 Å². The maximum absolute atomic E-state index is 11.0. The molecule has 0 fully saturated rings. The van der Waals surface area contributed by atoms with Crippen molar-refractivity contribution >= 4 is 22.8 Å². The van der Waals surface area contributed by atoms with Crippen molar-refractivity contribution < 1.29 is 9.90 Å². The van der Waals surface area contributed by atoms with E-state index in [-0.39, 0.29) is 5.69 Å². The van der Waals surface area contributed by atoms with Gasteiger partial charge in [0, 0.05) is 25.6 Å². The summed E-state index contributed by atoms with van der Waals surface area (Å²) >= 11 is 0. The topological polar surface area (TPSA) is 106 Å². The van der Waals surface area contributed by atoms with E-state index in [1.165, 1.54) is 10.8 Å². The number of carboxylic acids is 1. The molecule has 3 heterocycles. The van der Waals surface area contributed by atoms with Crippen LogP contribution < -0.4 is 5.32 Å². The Kier molecular flexibility index (Phi) is 3.19. The van der Waals surface area contributed by atoms with Gasteiger partial charge >= 0.3 is 5.97 Å². The van der Waals surface area contributed by atoms with E-state index in [9.17, 15) is 4.79 Å². The lowest BCUT2D eigenvalue weighted by molar-refractivity contribution is 0.0686. The smallest absolute Gasteiger partial charge is 0.354 e. The molecule has 0 saturated carbocycles. The SMILES string of the molecule is Cn1c(C(=O)O)cnc1CNc1nccc2nccnc12. The molecule has 106 valence electrons. The van der Waals surface area contributed by atoms with Gasteiger partial charge in [-0.25, -0.2) is 19.7 Å². The Labute approximate surface area is 119 Å². The minimum Gasteiger partial charge on any atom is -0.477 e. The quantitative estimate of drug-likeness (QED) is 0.738. The van der Waals surface area contributed by atoms with Gasteiger partial charge in [-0.15, -0.1) is 0 Å². The summed E-state index contributed by atoms with van der Waals surface area (Å²) in [5.41, 5.74) is 1.53. The second-order valence-corrected chi connectivity index (χ2v) is 4.36. The standard InChI is InChI=1S/C13H12N6O2/c1-19-9(13(20)21)6-17-10(19)7-18-12-11-8(2-3-16-12)14-4-5-15-11/h2-6H,7H2,1H3,(H,16,18)(H,20,21). The molecule has 0 saturated heterocycles. The van der Waals surface area contributed by atoms with Crippen LogP contribution in [0.1, 0.15) is 16.3 Å². The lowest BCUT2D eigenvalue weighted by Crippen LogP contribution is -2.11. The number of rotatable bonds is 4. The fraction of sp³-hybridized carbons (Fsp3) is 0.154. The van der Waals surface area contributed by atoms with Crippen molar-refractivity contribution in [3.05, 3.63) is 42.4 Å². The molecular formula is C13H12N6O2. The number of imidazole rings is 1. The van der Waals surface area contributed by atoms with Crippen LogP contribution in [0.3, 0.4) is 0 Å². The van der Waals surface area contributed by atoms with Crippen molar-refractivity contribution in [3.8, 4) is 0 Å². The lowest BCUT2D eigenvalue weighted by Gasteiger charge is -2.08. The minimum absolute atomic E-state index is 0.137. The average molecular weight is 284 g/mol. The molecule has 0 aliphatic carbocycles. The van der Waals surface area contributed by atoms with Crippen molar-refractivity contribution in [2.24, 2.45) is 7.05 Å². The van der Waals surface area contributed by atoms with Gasteiger partial charge in [0.05, 0.1) is 18.3 Å². The molecule has 21 heavy (non-hydrogen) atoms. The van der Waals surface area contributed by atoms with Crippen molar-refractivity contribution in [1.29, 1.82) is 0 Å². The van der Waals surface area contributed by atoms with Crippen LogP contribution >= 0.6 is 0 Å². The zero-order chi connectivity index (χ0) is 14.8. The highest BCUT2D eigenvalue weighted by molar-refractivity contribution is 5.86. The molecule has 0 aromatic carbocycles. The first-order valence-electron chi connectivity index (χ1n) is 6.20. The molecule has 0 bridgehead atoms. The van der Waals surface area contributed by atoms with Crippen molar-refractivity contribution in [2.45, 2.75) is 6.54 Å². The molecule has 0 aliphatic rings. The Morgan fingerprint density at radius 2 is 2.05 bits per heavy atom. The molecule has 0 amide bonds. The number of nitrogens with zero attached hydrogens (tertiary/aromatic N) is 5. The summed E-state index contributed by atoms with van der Waals surface area (Å²) in [7, 11) is 1.66. The zero-order valence-electron chi connectivity index (χ0n) is 11.2. The van der Waals surface area contributed by atoms with E-state index >= 15 is 0 Å². The summed E-state index contributed by atoms with van der Waals surface area (Å²) in [6.45, 7) is 0.340. The van der Waals surface area contributed by atoms with Gasteiger partial charge in [0.15, 0.2) is 5.82 Å². The van der Waals surface area contributed by atoms with Crippen LogP contribution in [0.4, 0.5) is 5.82 Å². The van der Waals surface area contributed by atoms with E-state index in [1.54, 1.807) is 31.7 Å². The lowest BCUT2D eigenvalue weighted by atomic mass is 10.3. The number of aromatic carboxylic acids is 1. The van der Waals surface area contributed by atoms with Crippen LogP contribution in [0.2, 0.25) is 0 Å². The Hall–Kier alpha value is -3.03. The highest BCUT2D eigenvalue weighted by Gasteiger charge is 2.13. The second kappa shape index (κ2) is 5.16. The van der Waals surface area contributed by atoms with E-state index in [4.69, 9.17) is 5.11 Å². The van der Waals surface area contributed by atoms with Crippen molar-refractivity contribution in [1.82, 2.24) is 24.5 Å². The first-order valence-corrected chi connectivity index (χ1v) is 6.20. The highest BCUT2D eigenvalue weighted by Crippen LogP contribution is 2.16. The number of pyridine rings is 1. The number of carbonyl (C=O) groups is 1. The third-order valence-corrected chi connectivity index (χ3v) is 3.10.